The molecule has 1 heterocycles. The molecule has 0 aliphatic carbocycles. The van der Waals surface area contributed by atoms with Crippen LogP contribution in [0.2, 0.25) is 0 Å². The van der Waals surface area contributed by atoms with E-state index in [4.69, 9.17) is 29.4 Å². The summed E-state index contributed by atoms with van der Waals surface area (Å²) >= 11 is 0. The van der Waals surface area contributed by atoms with Crippen LogP contribution in [0.5, 0.6) is 28.7 Å². The summed E-state index contributed by atoms with van der Waals surface area (Å²) in [5.41, 5.74) is 7.99. The monoisotopic (exact) mass is 598 g/mol. The lowest BCUT2D eigenvalue weighted by Crippen LogP contribution is -2.29. The Kier molecular flexibility index (Phi) is 8.95. The summed E-state index contributed by atoms with van der Waals surface area (Å²) in [5.74, 6) is -1.35. The third kappa shape index (κ3) is 6.42. The molecule has 224 valence electrons. The fraction of sp³-hybridized carbons (Fsp3) is 0.176. The third-order valence-corrected chi connectivity index (χ3v) is 6.82. The van der Waals surface area contributed by atoms with Crippen LogP contribution in [-0.4, -0.2) is 18.7 Å². The van der Waals surface area contributed by atoms with Crippen LogP contribution < -0.4 is 29.4 Å². The van der Waals surface area contributed by atoms with Gasteiger partial charge in [-0.25, -0.2) is 13.6 Å². The standard InChI is InChI=1S/C34H28F2N2O6/c1-3-40-31-16-21(12-15-29(31)41-19-22-8-4-5-9-26(22)35)32-24-14-13-23(17-30(24)44-33(38)25(32)18-37)43-34(39)20(2)42-28-11-7-6-10-27(28)36/h4-17,20,32H,3,19,38H2,1-2H3. The first kappa shape index (κ1) is 29.9. The van der Waals surface area contributed by atoms with E-state index in [1.165, 1.54) is 37.3 Å². The number of benzene rings is 4. The highest BCUT2D eigenvalue weighted by molar-refractivity contribution is 5.77. The Morgan fingerprint density at radius 3 is 2.43 bits per heavy atom. The van der Waals surface area contributed by atoms with Gasteiger partial charge in [-0.15, -0.1) is 0 Å². The van der Waals surface area contributed by atoms with Gasteiger partial charge in [-0.3, -0.25) is 0 Å². The van der Waals surface area contributed by atoms with Gasteiger partial charge in [0.15, 0.2) is 29.2 Å². The maximum Gasteiger partial charge on any atom is 0.352 e. The normalized spacial score (nSPS) is 14.5. The molecular formula is C34H28F2N2O6. The summed E-state index contributed by atoms with van der Waals surface area (Å²) < 4.78 is 56.4. The molecular weight excluding hydrogens is 570 g/mol. The molecule has 4 aromatic rings. The van der Waals surface area contributed by atoms with Crippen LogP contribution in [0, 0.1) is 23.0 Å². The van der Waals surface area contributed by atoms with Gasteiger partial charge in [-0.05, 0) is 55.8 Å². The summed E-state index contributed by atoms with van der Waals surface area (Å²) in [7, 11) is 0. The van der Waals surface area contributed by atoms with Gasteiger partial charge in [0.05, 0.1) is 12.5 Å². The molecule has 10 heteroatoms. The molecule has 2 unspecified atom stereocenters. The van der Waals surface area contributed by atoms with Gasteiger partial charge < -0.3 is 29.4 Å². The topological polar surface area (TPSA) is 113 Å². The van der Waals surface area contributed by atoms with Crippen LogP contribution >= 0.6 is 0 Å². The first-order valence-electron chi connectivity index (χ1n) is 13.8. The number of allylic oxidation sites excluding steroid dienone is 1. The minimum absolute atomic E-state index is 0.00602. The molecule has 0 saturated carbocycles. The van der Waals surface area contributed by atoms with Gasteiger partial charge in [0.25, 0.3) is 0 Å². The van der Waals surface area contributed by atoms with Crippen molar-refractivity contribution >= 4 is 5.97 Å². The molecule has 4 aromatic carbocycles. The van der Waals surface area contributed by atoms with E-state index in [9.17, 15) is 18.8 Å². The highest BCUT2D eigenvalue weighted by Gasteiger charge is 2.32. The number of ether oxygens (including phenoxy) is 5. The van der Waals surface area contributed by atoms with Gasteiger partial charge in [-0.1, -0.05) is 42.5 Å². The van der Waals surface area contributed by atoms with Crippen molar-refractivity contribution in [3.05, 3.63) is 125 Å². The number of hydrogen-bond acceptors (Lipinski definition) is 8. The fourth-order valence-electron chi connectivity index (χ4n) is 4.68. The number of esters is 1. The van der Waals surface area contributed by atoms with Crippen molar-refractivity contribution in [3.63, 3.8) is 0 Å². The Bertz CT molecular complexity index is 1770. The summed E-state index contributed by atoms with van der Waals surface area (Å²) in [5, 5.41) is 9.99. The number of carbonyl (C=O) groups is 1. The lowest BCUT2D eigenvalue weighted by molar-refractivity contribution is -0.141. The number of halogens is 2. The van der Waals surface area contributed by atoms with Crippen molar-refractivity contribution in [1.29, 1.82) is 5.26 Å². The van der Waals surface area contributed by atoms with E-state index in [0.717, 1.165) is 0 Å². The molecule has 0 aromatic heterocycles. The zero-order valence-corrected chi connectivity index (χ0v) is 23.9. The Labute approximate surface area is 252 Å². The van der Waals surface area contributed by atoms with Gasteiger partial charge in [0.1, 0.15) is 35.6 Å². The molecule has 0 radical (unpaired) electrons. The quantitative estimate of drug-likeness (QED) is 0.162. The summed E-state index contributed by atoms with van der Waals surface area (Å²) in [6.07, 6.45) is -1.11. The van der Waals surface area contributed by atoms with E-state index in [1.807, 2.05) is 6.92 Å². The first-order chi connectivity index (χ1) is 21.3. The molecule has 5 rings (SSSR count). The predicted octanol–water partition coefficient (Wildman–Crippen LogP) is 6.53. The van der Waals surface area contributed by atoms with Crippen molar-refractivity contribution in [1.82, 2.24) is 0 Å². The zero-order valence-electron chi connectivity index (χ0n) is 23.9. The van der Waals surface area contributed by atoms with Crippen LogP contribution in [0.3, 0.4) is 0 Å². The zero-order chi connectivity index (χ0) is 31.2. The van der Waals surface area contributed by atoms with Crippen LogP contribution in [0.15, 0.2) is 96.4 Å². The van der Waals surface area contributed by atoms with Gasteiger partial charge in [0, 0.05) is 17.2 Å². The van der Waals surface area contributed by atoms with Crippen molar-refractivity contribution in [2.75, 3.05) is 6.61 Å². The average molecular weight is 599 g/mol. The number of fused-ring (bicyclic) bond motifs is 1. The number of nitrogens with two attached hydrogens (primary N) is 1. The smallest absolute Gasteiger partial charge is 0.352 e. The van der Waals surface area contributed by atoms with E-state index in [2.05, 4.69) is 6.07 Å². The number of nitriles is 1. The maximum absolute atomic E-state index is 14.1. The highest BCUT2D eigenvalue weighted by Crippen LogP contribution is 2.45. The van der Waals surface area contributed by atoms with Crippen molar-refractivity contribution in [3.8, 4) is 34.8 Å². The molecule has 2 atom stereocenters. The molecule has 2 N–H and O–H groups in total. The minimum atomic E-state index is -1.11. The summed E-state index contributed by atoms with van der Waals surface area (Å²) in [6, 6.07) is 24.1. The average Bonchev–Trinajstić information content (AvgIpc) is 3.01. The summed E-state index contributed by atoms with van der Waals surface area (Å²) in [6.45, 7) is 3.59. The first-order valence-corrected chi connectivity index (χ1v) is 13.8. The largest absolute Gasteiger partial charge is 0.490 e. The fourth-order valence-corrected chi connectivity index (χ4v) is 4.68. The Morgan fingerprint density at radius 1 is 0.955 bits per heavy atom. The molecule has 0 saturated heterocycles. The number of para-hydroxylation sites is 1. The van der Waals surface area contributed by atoms with E-state index < -0.39 is 23.8 Å². The SMILES string of the molecule is CCOc1cc(C2C(C#N)=C(N)Oc3cc(OC(=O)C(C)Oc4ccccc4F)ccc32)ccc1OCc1ccccc1F. The molecule has 1 aliphatic rings. The Hall–Kier alpha value is -5.56. The molecule has 0 bridgehead atoms. The number of hydrogen-bond donors (Lipinski definition) is 1. The molecule has 8 nitrogen and oxygen atoms in total. The lowest BCUT2D eigenvalue weighted by Gasteiger charge is -2.27. The van der Waals surface area contributed by atoms with E-state index in [-0.39, 0.29) is 41.1 Å². The van der Waals surface area contributed by atoms with E-state index in [1.54, 1.807) is 54.6 Å². The maximum atomic E-state index is 14.1. The molecule has 0 fully saturated rings. The number of nitrogens with zero attached hydrogens (tertiary/aromatic N) is 1. The Balaban J connectivity index is 1.40. The predicted molar refractivity (Wildman–Crippen MR) is 156 cm³/mol. The van der Waals surface area contributed by atoms with Crippen LogP contribution in [0.1, 0.15) is 36.5 Å². The number of carbonyl (C=O) groups excluding carboxylic acids is 1. The van der Waals surface area contributed by atoms with Crippen molar-refractivity contribution in [2.45, 2.75) is 32.5 Å². The molecule has 1 aliphatic heterocycles. The summed E-state index contributed by atoms with van der Waals surface area (Å²) in [4.78, 5) is 12.7. The van der Waals surface area contributed by atoms with Crippen molar-refractivity contribution in [2.24, 2.45) is 5.73 Å². The van der Waals surface area contributed by atoms with Crippen molar-refractivity contribution < 1.29 is 37.3 Å². The molecule has 0 spiro atoms. The van der Waals surface area contributed by atoms with E-state index >= 15 is 0 Å². The number of rotatable bonds is 10. The van der Waals surface area contributed by atoms with Crippen LogP contribution in [0.25, 0.3) is 0 Å². The molecule has 0 amide bonds. The lowest BCUT2D eigenvalue weighted by atomic mass is 9.83. The highest BCUT2D eigenvalue weighted by atomic mass is 19.1. The van der Waals surface area contributed by atoms with Crippen LogP contribution in [0.4, 0.5) is 8.78 Å². The Morgan fingerprint density at radius 2 is 1.70 bits per heavy atom. The second-order valence-electron chi connectivity index (χ2n) is 9.76. The second-order valence-corrected chi connectivity index (χ2v) is 9.76. The van der Waals surface area contributed by atoms with Gasteiger partial charge in [-0.2, -0.15) is 5.26 Å². The van der Waals surface area contributed by atoms with Crippen LogP contribution in [-0.2, 0) is 11.4 Å². The van der Waals surface area contributed by atoms with Gasteiger partial charge in [0.2, 0.25) is 5.88 Å². The van der Waals surface area contributed by atoms with Gasteiger partial charge >= 0.3 is 5.97 Å². The molecule has 44 heavy (non-hydrogen) atoms. The third-order valence-electron chi connectivity index (χ3n) is 6.82. The minimum Gasteiger partial charge on any atom is -0.490 e. The van der Waals surface area contributed by atoms with E-state index in [0.29, 0.717) is 34.8 Å². The second kappa shape index (κ2) is 13.2.